The van der Waals surface area contributed by atoms with Crippen LogP contribution >= 0.6 is 0 Å². The summed E-state index contributed by atoms with van der Waals surface area (Å²) in [7, 11) is -6.24. The predicted octanol–water partition coefficient (Wildman–Crippen LogP) is -1.08. The Labute approximate surface area is 113 Å². The molecule has 0 atom stereocenters. The van der Waals surface area contributed by atoms with Gasteiger partial charge in [0.25, 0.3) is 0 Å². The first-order valence-electron chi connectivity index (χ1n) is 5.49. The van der Waals surface area contributed by atoms with Gasteiger partial charge >= 0.3 is 0 Å². The van der Waals surface area contributed by atoms with E-state index in [0.29, 0.717) is 13.1 Å². The molecular formula is C10H17N3O4S2. The maximum Gasteiger partial charge on any atom is 0.238 e. The molecule has 0 aromatic heterocycles. The Kier molecular flexibility index (Phi) is 5.44. The largest absolute Gasteiger partial charge is 0.269 e. The van der Waals surface area contributed by atoms with Crippen LogP contribution in [0.5, 0.6) is 0 Å². The monoisotopic (exact) mass is 307 g/mol. The van der Waals surface area contributed by atoms with Gasteiger partial charge in [-0.25, -0.2) is 27.0 Å². The third-order valence-corrected chi connectivity index (χ3v) is 4.99. The molecular weight excluding hydrogens is 290 g/mol. The molecule has 1 aliphatic rings. The molecule has 0 spiro atoms. The van der Waals surface area contributed by atoms with Crippen molar-refractivity contribution in [1.29, 1.82) is 0 Å². The Morgan fingerprint density at radius 2 is 1.53 bits per heavy atom. The fraction of sp³-hybridized carbons (Fsp3) is 0.400. The van der Waals surface area contributed by atoms with Crippen molar-refractivity contribution in [3.8, 4) is 0 Å². The minimum Gasteiger partial charge on any atom is -0.269 e. The van der Waals surface area contributed by atoms with Gasteiger partial charge in [-0.1, -0.05) is 18.2 Å². The van der Waals surface area contributed by atoms with Crippen molar-refractivity contribution in [1.82, 2.24) is 5.01 Å². The van der Waals surface area contributed by atoms with Crippen LogP contribution in [0.2, 0.25) is 0 Å². The second kappa shape index (κ2) is 6.44. The van der Waals surface area contributed by atoms with Gasteiger partial charge in [0.15, 0.2) is 9.84 Å². The number of nitrogens with zero attached hydrogens (tertiary/aromatic N) is 1. The summed E-state index contributed by atoms with van der Waals surface area (Å²) in [5.74, 6) is 5.75. The highest BCUT2D eigenvalue weighted by Crippen LogP contribution is 2.03. The quantitative estimate of drug-likeness (QED) is 0.636. The minimum absolute atomic E-state index is 0.148. The number of benzene rings is 1. The van der Waals surface area contributed by atoms with Gasteiger partial charge in [-0.05, 0) is 12.1 Å². The summed E-state index contributed by atoms with van der Waals surface area (Å²) < 4.78 is 42.6. The van der Waals surface area contributed by atoms with Crippen molar-refractivity contribution in [3.05, 3.63) is 30.3 Å². The summed E-state index contributed by atoms with van der Waals surface area (Å²) >= 11 is 0. The molecule has 1 aliphatic heterocycles. The number of sulfone groups is 1. The topological polar surface area (TPSA) is 124 Å². The summed E-state index contributed by atoms with van der Waals surface area (Å²) in [6.07, 6.45) is 0. The van der Waals surface area contributed by atoms with Gasteiger partial charge < -0.3 is 0 Å². The highest BCUT2D eigenvalue weighted by Gasteiger charge is 2.18. The second-order valence-electron chi connectivity index (χ2n) is 4.05. The number of hydrogen-bond acceptors (Lipinski definition) is 6. The van der Waals surface area contributed by atoms with Crippen LogP contribution in [-0.2, 0) is 19.9 Å². The van der Waals surface area contributed by atoms with Crippen LogP contribution in [0.1, 0.15) is 0 Å². The molecule has 0 saturated carbocycles. The van der Waals surface area contributed by atoms with E-state index in [0.717, 1.165) is 0 Å². The zero-order chi connectivity index (χ0) is 14.5. The first-order valence-corrected chi connectivity index (χ1v) is 8.85. The van der Waals surface area contributed by atoms with Crippen LogP contribution < -0.4 is 11.0 Å². The molecule has 7 nitrogen and oxygen atoms in total. The number of hydrazine groups is 1. The molecule has 1 fully saturated rings. The van der Waals surface area contributed by atoms with E-state index in [2.05, 4.69) is 0 Å². The third-order valence-electron chi connectivity index (χ3n) is 2.45. The first kappa shape index (κ1) is 16.1. The third kappa shape index (κ3) is 6.12. The van der Waals surface area contributed by atoms with E-state index < -0.39 is 19.9 Å². The van der Waals surface area contributed by atoms with Gasteiger partial charge in [-0.15, -0.1) is 0 Å². The predicted molar refractivity (Wildman–Crippen MR) is 72.2 cm³/mol. The second-order valence-corrected chi connectivity index (χ2v) is 7.91. The summed E-state index contributed by atoms with van der Waals surface area (Å²) in [6.45, 7) is 0.949. The lowest BCUT2D eigenvalue weighted by molar-refractivity contribution is 0.307. The molecule has 2 rings (SSSR count). The van der Waals surface area contributed by atoms with E-state index in [1.54, 1.807) is 18.2 Å². The standard InChI is InChI=1S/C6H7NO2S.C4H10N2O2S/c7-10(8,9)6-4-2-1-3-5-6;5-6-1-3-9(7,8)4-2-6/h1-5H,(H2,7,8,9);1-5H2. The van der Waals surface area contributed by atoms with E-state index in [9.17, 15) is 16.8 Å². The molecule has 0 bridgehead atoms. The molecule has 0 unspecified atom stereocenters. The van der Waals surface area contributed by atoms with Gasteiger partial charge in [0.2, 0.25) is 10.0 Å². The zero-order valence-electron chi connectivity index (χ0n) is 10.3. The van der Waals surface area contributed by atoms with Gasteiger partial charge in [-0.2, -0.15) is 0 Å². The number of rotatable bonds is 1. The summed E-state index contributed by atoms with van der Waals surface area (Å²) in [4.78, 5) is 0.148. The normalized spacial score (nSPS) is 19.3. The van der Waals surface area contributed by atoms with Crippen LogP contribution in [-0.4, -0.2) is 46.4 Å². The Morgan fingerprint density at radius 3 is 1.84 bits per heavy atom. The molecule has 9 heteroatoms. The molecule has 0 amide bonds. The van der Waals surface area contributed by atoms with Gasteiger partial charge in [0, 0.05) is 13.1 Å². The molecule has 1 saturated heterocycles. The van der Waals surface area contributed by atoms with Crippen molar-refractivity contribution in [2.24, 2.45) is 11.0 Å². The number of hydrogen-bond donors (Lipinski definition) is 2. The SMILES string of the molecule is NN1CCS(=O)(=O)CC1.NS(=O)(=O)c1ccccc1. The summed E-state index contributed by atoms with van der Waals surface area (Å²) in [5, 5.41) is 6.36. The lowest BCUT2D eigenvalue weighted by Gasteiger charge is -2.20. The van der Waals surface area contributed by atoms with Gasteiger partial charge in [0.05, 0.1) is 16.4 Å². The van der Waals surface area contributed by atoms with Crippen LogP contribution in [0.3, 0.4) is 0 Å². The Morgan fingerprint density at radius 1 is 1.05 bits per heavy atom. The van der Waals surface area contributed by atoms with Crippen molar-refractivity contribution >= 4 is 19.9 Å². The Hall–Kier alpha value is -1.00. The van der Waals surface area contributed by atoms with Crippen molar-refractivity contribution in [2.45, 2.75) is 4.90 Å². The lowest BCUT2D eigenvalue weighted by Crippen LogP contribution is -2.44. The fourth-order valence-corrected chi connectivity index (χ4v) is 3.10. The van der Waals surface area contributed by atoms with E-state index >= 15 is 0 Å². The number of sulfonamides is 1. The lowest BCUT2D eigenvalue weighted by atomic mass is 10.4. The first-order chi connectivity index (χ1) is 8.71. The average Bonchev–Trinajstić information content (AvgIpc) is 2.34. The molecule has 19 heavy (non-hydrogen) atoms. The van der Waals surface area contributed by atoms with E-state index in [4.69, 9.17) is 11.0 Å². The summed E-state index contributed by atoms with van der Waals surface area (Å²) in [6, 6.07) is 7.89. The number of nitrogens with two attached hydrogens (primary N) is 2. The average molecular weight is 307 g/mol. The Balaban J connectivity index is 0.000000191. The van der Waals surface area contributed by atoms with Crippen molar-refractivity contribution in [2.75, 3.05) is 24.6 Å². The molecule has 1 aromatic carbocycles. The van der Waals surface area contributed by atoms with Crippen LogP contribution in [0.4, 0.5) is 0 Å². The van der Waals surface area contributed by atoms with E-state index in [-0.39, 0.29) is 16.4 Å². The maximum absolute atomic E-state index is 10.7. The van der Waals surface area contributed by atoms with Crippen molar-refractivity contribution < 1.29 is 16.8 Å². The molecule has 108 valence electrons. The highest BCUT2D eigenvalue weighted by atomic mass is 32.2. The number of primary sulfonamides is 1. The Bertz CT molecular complexity index is 585. The molecule has 1 aromatic rings. The molecule has 4 N–H and O–H groups in total. The van der Waals surface area contributed by atoms with E-state index in [1.165, 1.54) is 17.1 Å². The maximum atomic E-state index is 10.7. The molecule has 0 radical (unpaired) electrons. The molecule has 0 aliphatic carbocycles. The van der Waals surface area contributed by atoms with Crippen LogP contribution in [0.25, 0.3) is 0 Å². The summed E-state index contributed by atoms with van der Waals surface area (Å²) in [5.41, 5.74) is 0. The highest BCUT2D eigenvalue weighted by molar-refractivity contribution is 7.91. The smallest absolute Gasteiger partial charge is 0.238 e. The molecule has 1 heterocycles. The van der Waals surface area contributed by atoms with Gasteiger partial charge in [0.1, 0.15) is 0 Å². The van der Waals surface area contributed by atoms with Crippen LogP contribution in [0, 0.1) is 0 Å². The minimum atomic E-state index is -3.50. The van der Waals surface area contributed by atoms with Crippen LogP contribution in [0.15, 0.2) is 35.2 Å². The zero-order valence-corrected chi connectivity index (χ0v) is 11.9. The van der Waals surface area contributed by atoms with Gasteiger partial charge in [-0.3, -0.25) is 5.84 Å². The van der Waals surface area contributed by atoms with Crippen molar-refractivity contribution in [3.63, 3.8) is 0 Å². The fourth-order valence-electron chi connectivity index (χ4n) is 1.34. The van der Waals surface area contributed by atoms with E-state index in [1.807, 2.05) is 0 Å².